The molecule has 1 aliphatic rings. The molecule has 2 aromatic carbocycles. The third-order valence-corrected chi connectivity index (χ3v) is 5.98. The zero-order valence-electron chi connectivity index (χ0n) is 14.4. The van der Waals surface area contributed by atoms with Crippen LogP contribution < -0.4 is 9.64 Å². The molecule has 1 heterocycles. The van der Waals surface area contributed by atoms with Gasteiger partial charge in [0.2, 0.25) is 0 Å². The zero-order valence-corrected chi connectivity index (χ0v) is 16.8. The molecule has 1 atom stereocenters. The number of carbonyl (C=O) groups excluding carboxylic acids is 1. The minimum absolute atomic E-state index is 0.158. The smallest absolute Gasteiger partial charge is 0.265 e. The van der Waals surface area contributed by atoms with Crippen LogP contribution in [0, 0.1) is 6.92 Å². The van der Waals surface area contributed by atoms with Crippen molar-refractivity contribution in [2.45, 2.75) is 13.0 Å². The van der Waals surface area contributed by atoms with Gasteiger partial charge < -0.3 is 9.64 Å². The lowest BCUT2D eigenvalue weighted by atomic mass is 10.1. The molecule has 0 saturated carbocycles. The summed E-state index contributed by atoms with van der Waals surface area (Å²) in [6, 6.07) is 11.4. The van der Waals surface area contributed by atoms with Crippen molar-refractivity contribution < 1.29 is 17.9 Å². The molecule has 0 fully saturated rings. The van der Waals surface area contributed by atoms with Crippen LogP contribution in [0.3, 0.4) is 0 Å². The first-order valence-electron chi connectivity index (χ1n) is 8.13. The van der Waals surface area contributed by atoms with Crippen LogP contribution in [0.5, 0.6) is 5.75 Å². The highest BCUT2D eigenvalue weighted by Crippen LogP contribution is 2.28. The van der Waals surface area contributed by atoms with Gasteiger partial charge in [-0.3, -0.25) is 4.79 Å². The van der Waals surface area contributed by atoms with E-state index in [0.717, 1.165) is 11.0 Å². The highest BCUT2D eigenvalue weighted by Gasteiger charge is 2.31. The number of halogens is 2. The van der Waals surface area contributed by atoms with Gasteiger partial charge in [0, 0.05) is 16.1 Å². The number of ether oxygens (including phenoxy) is 1. The summed E-state index contributed by atoms with van der Waals surface area (Å²) in [5, 5.41) is 1.89. The zero-order chi connectivity index (χ0) is 19.6. The number of carbonyl (C=O) groups is 1. The lowest BCUT2D eigenvalue weighted by Gasteiger charge is -2.28. The molecule has 2 aromatic rings. The third kappa shape index (κ3) is 4.83. The molecule has 0 bridgehead atoms. The highest BCUT2D eigenvalue weighted by molar-refractivity contribution is 7.94. The minimum atomic E-state index is -3.32. The second-order valence-electron chi connectivity index (χ2n) is 6.19. The quantitative estimate of drug-likeness (QED) is 0.725. The van der Waals surface area contributed by atoms with Crippen molar-refractivity contribution in [2.75, 3.05) is 17.3 Å². The molecule has 0 radical (unpaired) electrons. The van der Waals surface area contributed by atoms with Gasteiger partial charge in [-0.15, -0.1) is 0 Å². The van der Waals surface area contributed by atoms with Gasteiger partial charge >= 0.3 is 0 Å². The van der Waals surface area contributed by atoms with Gasteiger partial charge in [0.25, 0.3) is 5.91 Å². The number of amides is 1. The Morgan fingerprint density at radius 2 is 1.89 bits per heavy atom. The van der Waals surface area contributed by atoms with Crippen LogP contribution in [-0.4, -0.2) is 32.7 Å². The predicted octanol–water partition coefficient (Wildman–Crippen LogP) is 4.02. The Morgan fingerprint density at radius 3 is 2.48 bits per heavy atom. The summed E-state index contributed by atoms with van der Waals surface area (Å²) in [7, 11) is -3.32. The van der Waals surface area contributed by atoms with E-state index in [1.807, 2.05) is 19.1 Å². The minimum Gasteiger partial charge on any atom is -0.482 e. The Hall–Kier alpha value is -2.02. The SMILES string of the molecule is Cc1ccc(N(C(=O)COc2ccc(Cl)cc2Cl)[C@H]2C=CS(=O)(=O)C2)cc1. The van der Waals surface area contributed by atoms with Crippen LogP contribution >= 0.6 is 23.2 Å². The summed E-state index contributed by atoms with van der Waals surface area (Å²) in [6.45, 7) is 1.64. The van der Waals surface area contributed by atoms with E-state index in [-0.39, 0.29) is 18.3 Å². The Kier molecular flexibility index (Phi) is 5.79. The van der Waals surface area contributed by atoms with Crippen LogP contribution in [0.25, 0.3) is 0 Å². The molecule has 27 heavy (non-hydrogen) atoms. The van der Waals surface area contributed by atoms with E-state index < -0.39 is 15.9 Å². The molecule has 1 amide bonds. The maximum atomic E-state index is 12.9. The number of nitrogens with zero attached hydrogens (tertiary/aromatic N) is 1. The number of sulfone groups is 1. The van der Waals surface area contributed by atoms with E-state index in [2.05, 4.69) is 0 Å². The molecular weight excluding hydrogens is 409 g/mol. The average Bonchev–Trinajstić information content (AvgIpc) is 2.95. The Bertz CT molecular complexity index is 987. The summed E-state index contributed by atoms with van der Waals surface area (Å²) in [6.07, 6.45) is 1.52. The average molecular weight is 426 g/mol. The number of aryl methyl sites for hydroxylation is 1. The molecule has 1 aliphatic heterocycles. The summed E-state index contributed by atoms with van der Waals surface area (Å²) in [4.78, 5) is 14.3. The first-order chi connectivity index (χ1) is 12.7. The lowest BCUT2D eigenvalue weighted by Crippen LogP contribution is -2.43. The van der Waals surface area contributed by atoms with E-state index >= 15 is 0 Å². The van der Waals surface area contributed by atoms with E-state index in [4.69, 9.17) is 27.9 Å². The molecule has 0 saturated heterocycles. The summed E-state index contributed by atoms with van der Waals surface area (Å²) in [5.41, 5.74) is 1.63. The summed E-state index contributed by atoms with van der Waals surface area (Å²) < 4.78 is 29.2. The maximum Gasteiger partial charge on any atom is 0.265 e. The van der Waals surface area contributed by atoms with Gasteiger partial charge in [-0.25, -0.2) is 8.42 Å². The molecule has 0 aliphatic carbocycles. The fourth-order valence-corrected chi connectivity index (χ4v) is 4.48. The Morgan fingerprint density at radius 1 is 1.19 bits per heavy atom. The maximum absolute atomic E-state index is 12.9. The van der Waals surface area contributed by atoms with Crippen molar-refractivity contribution in [2.24, 2.45) is 0 Å². The summed E-state index contributed by atoms with van der Waals surface area (Å²) in [5.74, 6) is -0.210. The molecule has 8 heteroatoms. The first-order valence-corrected chi connectivity index (χ1v) is 10.6. The van der Waals surface area contributed by atoms with Crippen LogP contribution in [0.2, 0.25) is 10.0 Å². The Labute approximate surface area is 168 Å². The van der Waals surface area contributed by atoms with Gasteiger partial charge in [0.1, 0.15) is 5.75 Å². The van der Waals surface area contributed by atoms with Crippen LogP contribution in [0.1, 0.15) is 5.56 Å². The molecule has 0 unspecified atom stereocenters. The standard InChI is InChI=1S/C19H17Cl2NO4S/c1-13-2-5-15(6-3-13)22(16-8-9-27(24,25)12-16)19(23)11-26-18-7-4-14(20)10-17(18)21/h2-10,16H,11-12H2,1H3/t16-/m0/s1. The second kappa shape index (κ2) is 7.92. The van der Waals surface area contributed by atoms with E-state index in [1.165, 1.54) is 17.0 Å². The van der Waals surface area contributed by atoms with E-state index in [9.17, 15) is 13.2 Å². The van der Waals surface area contributed by atoms with E-state index in [1.54, 1.807) is 24.3 Å². The molecule has 0 N–H and O–H groups in total. The van der Waals surface area contributed by atoms with Crippen LogP contribution in [0.15, 0.2) is 53.9 Å². The highest BCUT2D eigenvalue weighted by atomic mass is 35.5. The molecule has 5 nitrogen and oxygen atoms in total. The van der Waals surface area contributed by atoms with Gasteiger partial charge in [-0.2, -0.15) is 0 Å². The largest absolute Gasteiger partial charge is 0.482 e. The number of rotatable bonds is 5. The third-order valence-electron chi connectivity index (χ3n) is 4.07. The second-order valence-corrected chi connectivity index (χ2v) is 8.96. The fraction of sp³-hybridized carbons (Fsp3) is 0.211. The topological polar surface area (TPSA) is 63.7 Å². The number of benzene rings is 2. The monoisotopic (exact) mass is 425 g/mol. The normalized spacial score (nSPS) is 17.7. The van der Waals surface area contributed by atoms with Gasteiger partial charge in [-0.05, 0) is 43.3 Å². The van der Waals surface area contributed by atoms with Gasteiger partial charge in [-0.1, -0.05) is 40.9 Å². The predicted molar refractivity (Wildman–Crippen MR) is 107 cm³/mol. The van der Waals surface area contributed by atoms with Crippen molar-refractivity contribution in [1.29, 1.82) is 0 Å². The van der Waals surface area contributed by atoms with Crippen molar-refractivity contribution in [3.05, 3.63) is 69.6 Å². The number of hydrogen-bond donors (Lipinski definition) is 0. The van der Waals surface area contributed by atoms with Crippen molar-refractivity contribution >= 4 is 44.6 Å². The molecule has 142 valence electrons. The van der Waals surface area contributed by atoms with Crippen molar-refractivity contribution in [1.82, 2.24) is 0 Å². The Balaban J connectivity index is 1.82. The van der Waals surface area contributed by atoms with Gasteiger partial charge in [0.05, 0.1) is 16.8 Å². The van der Waals surface area contributed by atoms with Crippen molar-refractivity contribution in [3.8, 4) is 5.75 Å². The van der Waals surface area contributed by atoms with E-state index in [0.29, 0.717) is 21.5 Å². The molecule has 0 aromatic heterocycles. The fourth-order valence-electron chi connectivity index (χ4n) is 2.75. The summed E-state index contributed by atoms with van der Waals surface area (Å²) >= 11 is 11.9. The number of hydrogen-bond acceptors (Lipinski definition) is 4. The van der Waals surface area contributed by atoms with Crippen molar-refractivity contribution in [3.63, 3.8) is 0 Å². The first kappa shape index (κ1) is 19.7. The molecule has 3 rings (SSSR count). The van der Waals surface area contributed by atoms with Gasteiger partial charge in [0.15, 0.2) is 16.4 Å². The van der Waals surface area contributed by atoms with Crippen LogP contribution in [0.4, 0.5) is 5.69 Å². The lowest BCUT2D eigenvalue weighted by molar-refractivity contribution is -0.120. The molecule has 0 spiro atoms. The number of anilines is 1. The molecular formula is C19H17Cl2NO4S. The van der Waals surface area contributed by atoms with Crippen LogP contribution in [-0.2, 0) is 14.6 Å².